The molecule has 0 saturated carbocycles. The molecule has 20 heavy (non-hydrogen) atoms. The molecule has 0 saturated heterocycles. The summed E-state index contributed by atoms with van der Waals surface area (Å²) in [5.74, 6) is 0.877. The first-order valence-corrected chi connectivity index (χ1v) is 6.69. The second-order valence-electron chi connectivity index (χ2n) is 5.10. The average Bonchev–Trinajstić information content (AvgIpc) is 2.46. The van der Waals surface area contributed by atoms with E-state index >= 15 is 0 Å². The van der Waals surface area contributed by atoms with Gasteiger partial charge in [-0.25, -0.2) is 0 Å². The number of ether oxygens (including phenoxy) is 1. The number of hydrogen-bond donors (Lipinski definition) is 0. The molecule has 0 atom stereocenters. The lowest BCUT2D eigenvalue weighted by Gasteiger charge is -2.09. The molecule has 0 unspecified atom stereocenters. The normalized spacial score (nSPS) is 10.8. The van der Waals surface area contributed by atoms with E-state index in [1.807, 2.05) is 18.3 Å². The van der Waals surface area contributed by atoms with Crippen molar-refractivity contribution in [2.75, 3.05) is 7.11 Å². The quantitative estimate of drug-likeness (QED) is 0.677. The number of fused-ring (bicyclic) bond motifs is 1. The number of pyridine rings is 1. The zero-order valence-corrected chi connectivity index (χ0v) is 12.0. The Bertz CT molecular complexity index is 777. The van der Waals surface area contributed by atoms with Gasteiger partial charge in [0.1, 0.15) is 5.75 Å². The summed E-state index contributed by atoms with van der Waals surface area (Å²) in [5.41, 5.74) is 4.57. The highest BCUT2D eigenvalue weighted by Crippen LogP contribution is 2.27. The van der Waals surface area contributed by atoms with Crippen molar-refractivity contribution < 1.29 is 4.74 Å². The van der Waals surface area contributed by atoms with Gasteiger partial charge in [-0.3, -0.25) is 4.98 Å². The Hall–Kier alpha value is -2.35. The predicted molar refractivity (Wildman–Crippen MR) is 83.2 cm³/mol. The maximum absolute atomic E-state index is 5.25. The van der Waals surface area contributed by atoms with Crippen LogP contribution < -0.4 is 4.74 Å². The molecule has 0 radical (unpaired) electrons. The van der Waals surface area contributed by atoms with Gasteiger partial charge in [0.05, 0.1) is 12.8 Å². The Kier molecular flexibility index (Phi) is 3.15. The first-order valence-electron chi connectivity index (χ1n) is 6.69. The monoisotopic (exact) mass is 263 g/mol. The van der Waals surface area contributed by atoms with Gasteiger partial charge in [-0.05, 0) is 55.1 Å². The molecule has 0 bridgehead atoms. The molecular formula is C18H17NO. The Balaban J connectivity index is 2.12. The lowest BCUT2D eigenvalue weighted by Crippen LogP contribution is -1.90. The number of nitrogens with zero attached hydrogens (tertiary/aromatic N) is 1. The van der Waals surface area contributed by atoms with Gasteiger partial charge in [0.2, 0.25) is 0 Å². The van der Waals surface area contributed by atoms with Gasteiger partial charge < -0.3 is 4.74 Å². The van der Waals surface area contributed by atoms with Crippen LogP contribution in [0.1, 0.15) is 11.1 Å². The first kappa shape index (κ1) is 12.7. The third kappa shape index (κ3) is 2.25. The molecule has 0 fully saturated rings. The molecule has 0 aliphatic rings. The lowest BCUT2D eigenvalue weighted by molar-refractivity contribution is 0.414. The summed E-state index contributed by atoms with van der Waals surface area (Å²) in [7, 11) is 1.69. The summed E-state index contributed by atoms with van der Waals surface area (Å²) in [6, 6.07) is 14.7. The number of aromatic nitrogens is 1. The number of methoxy groups -OCH3 is 1. The van der Waals surface area contributed by atoms with Gasteiger partial charge in [-0.15, -0.1) is 0 Å². The Morgan fingerprint density at radius 2 is 1.75 bits per heavy atom. The number of benzene rings is 2. The van der Waals surface area contributed by atoms with Gasteiger partial charge in [0, 0.05) is 17.1 Å². The van der Waals surface area contributed by atoms with Crippen LogP contribution in [0.25, 0.3) is 22.0 Å². The van der Waals surface area contributed by atoms with Crippen molar-refractivity contribution in [1.82, 2.24) is 4.98 Å². The average molecular weight is 263 g/mol. The smallest absolute Gasteiger partial charge is 0.119 e. The molecule has 0 aliphatic carbocycles. The van der Waals surface area contributed by atoms with Crippen LogP contribution in [-0.2, 0) is 0 Å². The summed E-state index contributed by atoms with van der Waals surface area (Å²) in [6.45, 7) is 4.18. The molecule has 0 spiro atoms. The molecular weight excluding hydrogens is 246 g/mol. The van der Waals surface area contributed by atoms with Crippen LogP contribution in [0.4, 0.5) is 0 Å². The predicted octanol–water partition coefficient (Wildman–Crippen LogP) is 4.53. The molecule has 3 rings (SSSR count). The van der Waals surface area contributed by atoms with Crippen LogP contribution in [0.3, 0.4) is 0 Å². The van der Waals surface area contributed by atoms with Crippen molar-refractivity contribution in [2.45, 2.75) is 13.8 Å². The van der Waals surface area contributed by atoms with Gasteiger partial charge in [0.25, 0.3) is 0 Å². The first-order chi connectivity index (χ1) is 9.67. The fourth-order valence-electron chi connectivity index (χ4n) is 2.46. The minimum Gasteiger partial charge on any atom is -0.497 e. The van der Waals surface area contributed by atoms with Crippen molar-refractivity contribution in [3.05, 3.63) is 59.8 Å². The summed E-state index contributed by atoms with van der Waals surface area (Å²) < 4.78 is 5.25. The standard InChI is InChI=1S/C18H17NO/c1-12-4-5-14-10-18(19-11-15(14)8-12)17-7-6-16(20-3)9-13(17)2/h4-11H,1-3H3. The number of aryl methyl sites for hydroxylation is 2. The third-order valence-electron chi connectivity index (χ3n) is 3.59. The second-order valence-corrected chi connectivity index (χ2v) is 5.10. The Labute approximate surface area is 119 Å². The van der Waals surface area contributed by atoms with E-state index in [0.29, 0.717) is 0 Å². The topological polar surface area (TPSA) is 22.1 Å². The summed E-state index contributed by atoms with van der Waals surface area (Å²) in [6.07, 6.45) is 1.95. The van der Waals surface area contributed by atoms with Crippen LogP contribution in [0.5, 0.6) is 5.75 Å². The molecule has 0 amide bonds. The van der Waals surface area contributed by atoms with Crippen LogP contribution in [-0.4, -0.2) is 12.1 Å². The van der Waals surface area contributed by atoms with Gasteiger partial charge >= 0.3 is 0 Å². The summed E-state index contributed by atoms with van der Waals surface area (Å²) >= 11 is 0. The fraction of sp³-hybridized carbons (Fsp3) is 0.167. The van der Waals surface area contributed by atoms with Gasteiger partial charge in [-0.1, -0.05) is 17.7 Å². The molecule has 0 aliphatic heterocycles. The van der Waals surface area contributed by atoms with Crippen molar-refractivity contribution in [1.29, 1.82) is 0 Å². The molecule has 3 aromatic rings. The van der Waals surface area contributed by atoms with E-state index < -0.39 is 0 Å². The van der Waals surface area contributed by atoms with E-state index in [-0.39, 0.29) is 0 Å². The maximum atomic E-state index is 5.25. The molecule has 1 heterocycles. The van der Waals surface area contributed by atoms with Crippen molar-refractivity contribution in [2.24, 2.45) is 0 Å². The Morgan fingerprint density at radius 1 is 0.900 bits per heavy atom. The van der Waals surface area contributed by atoms with E-state index in [0.717, 1.165) is 17.0 Å². The van der Waals surface area contributed by atoms with Crippen LogP contribution in [0.15, 0.2) is 48.7 Å². The van der Waals surface area contributed by atoms with Crippen LogP contribution in [0, 0.1) is 13.8 Å². The zero-order chi connectivity index (χ0) is 14.1. The second kappa shape index (κ2) is 4.97. The van der Waals surface area contributed by atoms with Crippen molar-refractivity contribution in [3.8, 4) is 17.0 Å². The summed E-state index contributed by atoms with van der Waals surface area (Å²) in [5, 5.41) is 2.40. The van der Waals surface area contributed by atoms with E-state index in [1.54, 1.807) is 7.11 Å². The van der Waals surface area contributed by atoms with E-state index in [9.17, 15) is 0 Å². The summed E-state index contributed by atoms with van der Waals surface area (Å²) in [4.78, 5) is 4.59. The highest BCUT2D eigenvalue weighted by molar-refractivity contribution is 5.86. The maximum Gasteiger partial charge on any atom is 0.119 e. The minimum absolute atomic E-state index is 0.877. The Morgan fingerprint density at radius 3 is 2.50 bits per heavy atom. The molecule has 2 aromatic carbocycles. The molecule has 2 heteroatoms. The molecule has 0 N–H and O–H groups in total. The fourth-order valence-corrected chi connectivity index (χ4v) is 2.46. The largest absolute Gasteiger partial charge is 0.497 e. The highest BCUT2D eigenvalue weighted by Gasteiger charge is 2.06. The van der Waals surface area contributed by atoms with E-state index in [2.05, 4.69) is 49.2 Å². The number of rotatable bonds is 2. The van der Waals surface area contributed by atoms with Crippen molar-refractivity contribution in [3.63, 3.8) is 0 Å². The van der Waals surface area contributed by atoms with E-state index in [4.69, 9.17) is 4.74 Å². The van der Waals surface area contributed by atoms with Crippen LogP contribution in [0.2, 0.25) is 0 Å². The van der Waals surface area contributed by atoms with Gasteiger partial charge in [-0.2, -0.15) is 0 Å². The number of hydrogen-bond acceptors (Lipinski definition) is 2. The SMILES string of the molecule is COc1ccc(-c2cc3ccc(C)cc3cn2)c(C)c1. The molecule has 2 nitrogen and oxygen atoms in total. The van der Waals surface area contributed by atoms with Crippen LogP contribution >= 0.6 is 0 Å². The zero-order valence-electron chi connectivity index (χ0n) is 12.0. The minimum atomic E-state index is 0.877. The third-order valence-corrected chi connectivity index (χ3v) is 3.59. The lowest BCUT2D eigenvalue weighted by atomic mass is 10.0. The molecule has 1 aromatic heterocycles. The van der Waals surface area contributed by atoms with E-state index in [1.165, 1.54) is 21.9 Å². The van der Waals surface area contributed by atoms with Crippen molar-refractivity contribution >= 4 is 10.8 Å². The highest BCUT2D eigenvalue weighted by atomic mass is 16.5. The molecule has 100 valence electrons. The van der Waals surface area contributed by atoms with Gasteiger partial charge in [0.15, 0.2) is 0 Å².